The molecule has 1 atom stereocenters. The lowest BCUT2D eigenvalue weighted by atomic mass is 10.1. The van der Waals surface area contributed by atoms with Gasteiger partial charge < -0.3 is 19.5 Å². The van der Waals surface area contributed by atoms with Gasteiger partial charge in [0.1, 0.15) is 0 Å². The Hall–Kier alpha value is -3.93. The number of nitrogens with one attached hydrogen (secondary N) is 1. The quantitative estimate of drug-likeness (QED) is 0.589. The molecule has 1 aromatic heterocycles. The number of ether oxygens (including phenoxy) is 1. The predicted octanol–water partition coefficient (Wildman–Crippen LogP) is 3.44. The van der Waals surface area contributed by atoms with Crippen LogP contribution in [0.15, 0.2) is 59.1 Å². The van der Waals surface area contributed by atoms with Gasteiger partial charge in [-0.3, -0.25) is 9.69 Å². The zero-order valence-corrected chi connectivity index (χ0v) is 18.7. The number of hydrogen-bond acceptors (Lipinski definition) is 6. The molecule has 0 saturated carbocycles. The average Bonchev–Trinajstić information content (AvgIpc) is 3.38. The van der Waals surface area contributed by atoms with Crippen LogP contribution in [0.5, 0.6) is 0 Å². The Morgan fingerprint density at radius 3 is 2.51 bits per heavy atom. The van der Waals surface area contributed by atoms with E-state index in [2.05, 4.69) is 20.0 Å². The van der Waals surface area contributed by atoms with Crippen molar-refractivity contribution in [3.05, 3.63) is 66.1 Å². The zero-order valence-electron chi connectivity index (χ0n) is 18.7. The molecule has 35 heavy (non-hydrogen) atoms. The van der Waals surface area contributed by atoms with Gasteiger partial charge in [-0.2, -0.15) is 18.2 Å². The van der Waals surface area contributed by atoms with E-state index in [0.29, 0.717) is 13.2 Å². The number of aromatic nitrogens is 2. The third-order valence-electron chi connectivity index (χ3n) is 5.48. The fourth-order valence-corrected chi connectivity index (χ4v) is 3.57. The van der Waals surface area contributed by atoms with Crippen molar-refractivity contribution in [3.8, 4) is 11.4 Å². The summed E-state index contributed by atoms with van der Waals surface area (Å²) < 4.78 is 47.7. The molecule has 9 nitrogen and oxygen atoms in total. The molecular weight excluding hydrogens is 467 g/mol. The van der Waals surface area contributed by atoms with Gasteiger partial charge in [0.25, 0.3) is 5.91 Å². The Bertz CT molecular complexity index is 1170. The second-order valence-electron chi connectivity index (χ2n) is 7.81. The first-order valence-corrected chi connectivity index (χ1v) is 10.7. The SMILES string of the molecule is CN(C(=O)N1CCOC[C@H]1CNC(=O)c1ccc(-c2noc(C(F)(F)F)n2)cc1)c1ccccc1. The maximum absolute atomic E-state index is 13.1. The van der Waals surface area contributed by atoms with E-state index >= 15 is 0 Å². The summed E-state index contributed by atoms with van der Waals surface area (Å²) >= 11 is 0. The van der Waals surface area contributed by atoms with E-state index in [-0.39, 0.29) is 42.2 Å². The van der Waals surface area contributed by atoms with Gasteiger partial charge >= 0.3 is 18.1 Å². The van der Waals surface area contributed by atoms with Crippen LogP contribution in [-0.4, -0.2) is 66.4 Å². The molecule has 3 amide bonds. The van der Waals surface area contributed by atoms with Crippen molar-refractivity contribution in [3.63, 3.8) is 0 Å². The molecule has 3 aromatic rings. The Balaban J connectivity index is 1.38. The summed E-state index contributed by atoms with van der Waals surface area (Å²) in [5.41, 5.74) is 1.29. The molecule has 0 spiro atoms. The Morgan fingerprint density at radius 2 is 1.86 bits per heavy atom. The fraction of sp³-hybridized carbons (Fsp3) is 0.304. The molecule has 0 aliphatic carbocycles. The average molecular weight is 489 g/mol. The lowest BCUT2D eigenvalue weighted by molar-refractivity contribution is -0.159. The number of amides is 3. The van der Waals surface area contributed by atoms with Crippen molar-refractivity contribution in [2.75, 3.05) is 38.3 Å². The van der Waals surface area contributed by atoms with Gasteiger partial charge in [-0.15, -0.1) is 0 Å². The normalized spacial score (nSPS) is 16.1. The molecule has 0 radical (unpaired) electrons. The van der Waals surface area contributed by atoms with Gasteiger partial charge in [0.15, 0.2) is 0 Å². The van der Waals surface area contributed by atoms with Gasteiger partial charge in [0.05, 0.1) is 19.3 Å². The summed E-state index contributed by atoms with van der Waals surface area (Å²) in [6.45, 7) is 1.21. The number of carbonyl (C=O) groups is 2. The standard InChI is InChI=1S/C23H22F3N5O4/c1-30(17-5-3-2-4-6-17)22(33)31-11-12-34-14-18(31)13-27-20(32)16-9-7-15(8-10-16)19-28-21(35-29-19)23(24,25)26/h2-10,18H,11-14H2,1H3,(H,27,32)/t18-/m1/s1. The van der Waals surface area contributed by atoms with Crippen molar-refractivity contribution in [2.45, 2.75) is 12.2 Å². The zero-order chi connectivity index (χ0) is 25.0. The van der Waals surface area contributed by atoms with Crippen LogP contribution in [0.1, 0.15) is 16.2 Å². The number of rotatable bonds is 5. The van der Waals surface area contributed by atoms with Crippen LogP contribution in [-0.2, 0) is 10.9 Å². The number of nitrogens with zero attached hydrogens (tertiary/aromatic N) is 4. The molecule has 1 saturated heterocycles. The summed E-state index contributed by atoms with van der Waals surface area (Å²) in [6, 6.07) is 14.4. The van der Waals surface area contributed by atoms with Gasteiger partial charge in [-0.1, -0.05) is 35.5 Å². The largest absolute Gasteiger partial charge is 0.471 e. The van der Waals surface area contributed by atoms with Crippen molar-refractivity contribution in [1.29, 1.82) is 0 Å². The van der Waals surface area contributed by atoms with Gasteiger partial charge in [-0.05, 0) is 24.3 Å². The lowest BCUT2D eigenvalue weighted by Crippen LogP contribution is -2.56. The molecular formula is C23H22F3N5O4. The first-order valence-electron chi connectivity index (χ1n) is 10.7. The minimum absolute atomic E-state index is 0.161. The van der Waals surface area contributed by atoms with Crippen LogP contribution < -0.4 is 10.2 Å². The number of anilines is 1. The second-order valence-corrected chi connectivity index (χ2v) is 7.81. The van der Waals surface area contributed by atoms with Gasteiger partial charge in [0.2, 0.25) is 5.82 Å². The van der Waals surface area contributed by atoms with Crippen molar-refractivity contribution in [2.24, 2.45) is 0 Å². The molecule has 12 heteroatoms. The number of urea groups is 1. The van der Waals surface area contributed by atoms with Crippen LogP contribution in [0.2, 0.25) is 0 Å². The predicted molar refractivity (Wildman–Crippen MR) is 119 cm³/mol. The van der Waals surface area contributed by atoms with E-state index < -0.39 is 18.0 Å². The van der Waals surface area contributed by atoms with E-state index in [1.807, 2.05) is 30.3 Å². The summed E-state index contributed by atoms with van der Waals surface area (Å²) in [5.74, 6) is -2.09. The van der Waals surface area contributed by atoms with Crippen molar-refractivity contribution < 1.29 is 32.0 Å². The Morgan fingerprint density at radius 1 is 1.14 bits per heavy atom. The minimum atomic E-state index is -4.74. The third kappa shape index (κ3) is 5.60. The van der Waals surface area contributed by atoms with E-state index in [0.717, 1.165) is 5.69 Å². The smallest absolute Gasteiger partial charge is 0.377 e. The molecule has 1 N–H and O–H groups in total. The summed E-state index contributed by atoms with van der Waals surface area (Å²) in [4.78, 5) is 32.2. The van der Waals surface area contributed by atoms with Crippen LogP contribution in [0, 0.1) is 0 Å². The van der Waals surface area contributed by atoms with Crippen LogP contribution in [0.4, 0.5) is 23.7 Å². The second kappa shape index (κ2) is 10.1. The molecule has 2 aromatic carbocycles. The summed E-state index contributed by atoms with van der Waals surface area (Å²) in [5, 5.41) is 6.11. The fourth-order valence-electron chi connectivity index (χ4n) is 3.57. The first-order chi connectivity index (χ1) is 16.7. The highest BCUT2D eigenvalue weighted by Crippen LogP contribution is 2.29. The number of halogens is 3. The molecule has 1 aliphatic heterocycles. The topological polar surface area (TPSA) is 101 Å². The van der Waals surface area contributed by atoms with Gasteiger partial charge in [-0.25, -0.2) is 4.79 Å². The highest BCUT2D eigenvalue weighted by molar-refractivity contribution is 5.95. The maximum Gasteiger partial charge on any atom is 0.471 e. The molecule has 2 heterocycles. The van der Waals surface area contributed by atoms with Crippen molar-refractivity contribution >= 4 is 17.6 Å². The molecule has 0 bridgehead atoms. The van der Waals surface area contributed by atoms with E-state index in [1.54, 1.807) is 16.8 Å². The minimum Gasteiger partial charge on any atom is -0.377 e. The van der Waals surface area contributed by atoms with Crippen LogP contribution >= 0.6 is 0 Å². The van der Waals surface area contributed by atoms with Crippen LogP contribution in [0.25, 0.3) is 11.4 Å². The third-order valence-corrected chi connectivity index (χ3v) is 5.48. The monoisotopic (exact) mass is 489 g/mol. The molecule has 1 fully saturated rings. The van der Waals surface area contributed by atoms with E-state index in [4.69, 9.17) is 4.74 Å². The number of carbonyl (C=O) groups excluding carboxylic acids is 2. The molecule has 184 valence electrons. The first kappa shape index (κ1) is 24.2. The Kier molecular flexibility index (Phi) is 7.01. The van der Waals surface area contributed by atoms with E-state index in [1.165, 1.54) is 24.3 Å². The van der Waals surface area contributed by atoms with Gasteiger partial charge in [0, 0.05) is 37.0 Å². The van der Waals surface area contributed by atoms with Crippen LogP contribution in [0.3, 0.4) is 0 Å². The van der Waals surface area contributed by atoms with Crippen molar-refractivity contribution in [1.82, 2.24) is 20.4 Å². The number of alkyl halides is 3. The Labute approximate surface area is 198 Å². The highest BCUT2D eigenvalue weighted by atomic mass is 19.4. The molecule has 4 rings (SSSR count). The molecule has 1 aliphatic rings. The number of benzene rings is 2. The summed E-state index contributed by atoms with van der Waals surface area (Å²) in [7, 11) is 1.69. The molecule has 0 unspecified atom stereocenters. The highest BCUT2D eigenvalue weighted by Gasteiger charge is 2.38. The number of para-hydroxylation sites is 1. The number of hydrogen-bond donors (Lipinski definition) is 1. The maximum atomic E-state index is 13.1. The lowest BCUT2D eigenvalue weighted by Gasteiger charge is -2.38. The summed E-state index contributed by atoms with van der Waals surface area (Å²) in [6.07, 6.45) is -4.74. The van der Waals surface area contributed by atoms with E-state index in [9.17, 15) is 22.8 Å². The number of morpholine rings is 1.